The molecule has 0 radical (unpaired) electrons. The van der Waals surface area contributed by atoms with Crippen LogP contribution < -0.4 is 0 Å². The van der Waals surface area contributed by atoms with Crippen molar-refractivity contribution in [2.75, 3.05) is 13.1 Å². The first kappa shape index (κ1) is 12.7. The summed E-state index contributed by atoms with van der Waals surface area (Å²) in [5.74, 6) is 0.167. The van der Waals surface area contributed by atoms with Gasteiger partial charge >= 0.3 is 0 Å². The smallest absolute Gasteiger partial charge is 0.126 e. The fourth-order valence-corrected chi connectivity index (χ4v) is 2.19. The summed E-state index contributed by atoms with van der Waals surface area (Å²) in [6, 6.07) is 0.770. The molecule has 0 unspecified atom stereocenters. The fourth-order valence-electron chi connectivity index (χ4n) is 2.19. The van der Waals surface area contributed by atoms with Gasteiger partial charge in [0.25, 0.3) is 0 Å². The summed E-state index contributed by atoms with van der Waals surface area (Å²) in [6.45, 7) is 10.4. The van der Waals surface area contributed by atoms with Gasteiger partial charge in [0.2, 0.25) is 0 Å². The molecule has 1 aliphatic carbocycles. The van der Waals surface area contributed by atoms with E-state index in [0.29, 0.717) is 0 Å². The highest BCUT2D eigenvalue weighted by atomic mass is 16.1. The van der Waals surface area contributed by atoms with Gasteiger partial charge in [-0.15, -0.1) is 0 Å². The highest BCUT2D eigenvalue weighted by Gasteiger charge is 2.44. The molecule has 2 fully saturated rings. The second kappa shape index (κ2) is 5.11. The molecule has 0 aromatic carbocycles. The lowest BCUT2D eigenvalue weighted by atomic mass is 9.93. The van der Waals surface area contributed by atoms with Gasteiger partial charge in [0.15, 0.2) is 0 Å². The van der Waals surface area contributed by atoms with Crippen molar-refractivity contribution in [3.8, 4) is 0 Å². The van der Waals surface area contributed by atoms with E-state index < -0.39 is 0 Å². The lowest BCUT2D eigenvalue weighted by molar-refractivity contribution is -0.114. The Morgan fingerprint density at radius 2 is 1.47 bits per heavy atom. The first-order valence-corrected chi connectivity index (χ1v) is 6.16. The minimum atomic E-state index is 0.167. The second-order valence-electron chi connectivity index (χ2n) is 5.54. The first-order valence-electron chi connectivity index (χ1n) is 6.16. The quantitative estimate of drug-likeness (QED) is 0.664. The SMILES string of the molecule is CC(C)=O.CC(C)N1CCC2(CC1)CC2. The van der Waals surface area contributed by atoms with Crippen LogP contribution in [0.2, 0.25) is 0 Å². The molecule has 0 atom stereocenters. The van der Waals surface area contributed by atoms with Crippen LogP contribution in [-0.2, 0) is 4.79 Å². The van der Waals surface area contributed by atoms with E-state index in [-0.39, 0.29) is 5.78 Å². The van der Waals surface area contributed by atoms with E-state index in [4.69, 9.17) is 0 Å². The Balaban J connectivity index is 0.000000245. The summed E-state index contributed by atoms with van der Waals surface area (Å²) in [5.41, 5.74) is 0.853. The zero-order valence-electron chi connectivity index (χ0n) is 10.7. The standard InChI is InChI=1S/C10H19N.C3H6O/c1-9(2)11-7-5-10(3-4-10)6-8-11;1-3(2)4/h9H,3-8H2,1-2H3;1-2H3. The summed E-state index contributed by atoms with van der Waals surface area (Å²) in [4.78, 5) is 12.1. The van der Waals surface area contributed by atoms with Crippen LogP contribution in [0.15, 0.2) is 0 Å². The average Bonchev–Trinajstić information content (AvgIpc) is 2.85. The van der Waals surface area contributed by atoms with E-state index in [1.54, 1.807) is 0 Å². The van der Waals surface area contributed by atoms with Crippen LogP contribution in [-0.4, -0.2) is 29.8 Å². The molecule has 2 rings (SSSR count). The Hall–Kier alpha value is -0.370. The van der Waals surface area contributed by atoms with Crippen molar-refractivity contribution < 1.29 is 4.79 Å². The molecular weight excluding hydrogens is 186 g/mol. The molecule has 0 amide bonds. The van der Waals surface area contributed by atoms with Crippen LogP contribution in [0.3, 0.4) is 0 Å². The van der Waals surface area contributed by atoms with Crippen molar-refractivity contribution in [2.45, 2.75) is 59.4 Å². The lowest BCUT2D eigenvalue weighted by Crippen LogP contribution is -2.38. The van der Waals surface area contributed by atoms with Gasteiger partial charge in [-0.2, -0.15) is 0 Å². The molecule has 2 heteroatoms. The topological polar surface area (TPSA) is 20.3 Å². The molecule has 0 aromatic heterocycles. The molecule has 15 heavy (non-hydrogen) atoms. The van der Waals surface area contributed by atoms with Crippen LogP contribution in [0.25, 0.3) is 0 Å². The van der Waals surface area contributed by atoms with Gasteiger partial charge in [0, 0.05) is 6.04 Å². The molecule has 1 aliphatic heterocycles. The monoisotopic (exact) mass is 211 g/mol. The van der Waals surface area contributed by atoms with Gasteiger partial charge in [-0.25, -0.2) is 0 Å². The molecule has 1 heterocycles. The summed E-state index contributed by atoms with van der Waals surface area (Å²) in [5, 5.41) is 0. The number of piperidine rings is 1. The van der Waals surface area contributed by atoms with E-state index in [1.807, 2.05) is 0 Å². The number of rotatable bonds is 1. The van der Waals surface area contributed by atoms with Crippen molar-refractivity contribution in [2.24, 2.45) is 5.41 Å². The number of Topliss-reactive ketones (excluding diaryl/α,β-unsaturated/α-hetero) is 1. The van der Waals surface area contributed by atoms with Crippen LogP contribution in [0.1, 0.15) is 53.4 Å². The Morgan fingerprint density at radius 1 is 1.07 bits per heavy atom. The zero-order chi connectivity index (χ0) is 11.5. The number of carbonyl (C=O) groups excluding carboxylic acids is 1. The van der Waals surface area contributed by atoms with Gasteiger partial charge in [-0.3, -0.25) is 0 Å². The number of nitrogens with zero attached hydrogens (tertiary/aromatic N) is 1. The molecule has 1 saturated carbocycles. The van der Waals surface area contributed by atoms with E-state index in [1.165, 1.54) is 52.6 Å². The van der Waals surface area contributed by atoms with E-state index >= 15 is 0 Å². The maximum atomic E-state index is 9.44. The lowest BCUT2D eigenvalue weighted by Gasteiger charge is -2.34. The Kier molecular flexibility index (Phi) is 4.32. The minimum absolute atomic E-state index is 0.167. The maximum Gasteiger partial charge on any atom is 0.126 e. The maximum absolute atomic E-state index is 9.44. The highest BCUT2D eigenvalue weighted by Crippen LogP contribution is 2.53. The second-order valence-corrected chi connectivity index (χ2v) is 5.54. The van der Waals surface area contributed by atoms with Gasteiger partial charge in [0.1, 0.15) is 5.78 Å². The van der Waals surface area contributed by atoms with Crippen LogP contribution in [0.4, 0.5) is 0 Å². The van der Waals surface area contributed by atoms with Gasteiger partial charge in [-0.05, 0) is 71.9 Å². The van der Waals surface area contributed by atoms with E-state index in [9.17, 15) is 4.79 Å². The largest absolute Gasteiger partial charge is 0.301 e. The minimum Gasteiger partial charge on any atom is -0.301 e. The third kappa shape index (κ3) is 4.33. The Morgan fingerprint density at radius 3 is 1.73 bits per heavy atom. The Labute approximate surface area is 94.0 Å². The molecule has 0 aromatic rings. The summed E-state index contributed by atoms with van der Waals surface area (Å²) in [6.07, 6.45) is 6.01. The molecule has 1 spiro atoms. The van der Waals surface area contributed by atoms with Crippen molar-refractivity contribution in [1.82, 2.24) is 4.90 Å². The predicted molar refractivity (Wildman–Crippen MR) is 64.0 cm³/mol. The highest BCUT2D eigenvalue weighted by molar-refractivity contribution is 5.72. The number of hydrogen-bond acceptors (Lipinski definition) is 2. The van der Waals surface area contributed by atoms with Gasteiger partial charge in [0.05, 0.1) is 0 Å². The van der Waals surface area contributed by atoms with Crippen LogP contribution in [0, 0.1) is 5.41 Å². The summed E-state index contributed by atoms with van der Waals surface area (Å²) >= 11 is 0. The van der Waals surface area contributed by atoms with E-state index in [0.717, 1.165) is 11.5 Å². The average molecular weight is 211 g/mol. The fraction of sp³-hybridized carbons (Fsp3) is 0.923. The number of carbonyl (C=O) groups is 1. The third-order valence-electron chi connectivity index (χ3n) is 3.55. The first-order chi connectivity index (χ1) is 6.95. The van der Waals surface area contributed by atoms with E-state index in [2.05, 4.69) is 18.7 Å². The molecule has 1 saturated heterocycles. The number of hydrogen-bond donors (Lipinski definition) is 0. The molecule has 0 bridgehead atoms. The van der Waals surface area contributed by atoms with Crippen molar-refractivity contribution in [1.29, 1.82) is 0 Å². The number of ketones is 1. The van der Waals surface area contributed by atoms with Crippen molar-refractivity contribution >= 4 is 5.78 Å². The molecular formula is C13H25NO. The van der Waals surface area contributed by atoms with Crippen LogP contribution >= 0.6 is 0 Å². The molecule has 2 nitrogen and oxygen atoms in total. The predicted octanol–water partition coefficient (Wildman–Crippen LogP) is 2.87. The molecule has 88 valence electrons. The summed E-state index contributed by atoms with van der Waals surface area (Å²) < 4.78 is 0. The third-order valence-corrected chi connectivity index (χ3v) is 3.55. The van der Waals surface area contributed by atoms with Crippen molar-refractivity contribution in [3.05, 3.63) is 0 Å². The van der Waals surface area contributed by atoms with Crippen LogP contribution in [0.5, 0.6) is 0 Å². The molecule has 2 aliphatic rings. The normalized spacial score (nSPS) is 23.5. The Bertz CT molecular complexity index is 205. The zero-order valence-corrected chi connectivity index (χ0v) is 10.7. The summed E-state index contributed by atoms with van der Waals surface area (Å²) in [7, 11) is 0. The van der Waals surface area contributed by atoms with Crippen molar-refractivity contribution in [3.63, 3.8) is 0 Å². The number of likely N-dealkylation sites (tertiary alicyclic amines) is 1. The van der Waals surface area contributed by atoms with Gasteiger partial charge in [-0.1, -0.05) is 0 Å². The molecule has 0 N–H and O–H groups in total. The van der Waals surface area contributed by atoms with Gasteiger partial charge < -0.3 is 9.69 Å².